The minimum Gasteiger partial charge on any atom is -0.394 e. The molecule has 0 amide bonds. The van der Waals surface area contributed by atoms with Gasteiger partial charge in [-0.05, 0) is 0 Å². The first kappa shape index (κ1) is 10.9. The molecule has 0 spiro atoms. The average Bonchev–Trinajstić information content (AvgIpc) is 2.83. The molecule has 0 aliphatic carbocycles. The third kappa shape index (κ3) is 1.99. The summed E-state index contributed by atoms with van der Waals surface area (Å²) in [5.74, 6) is 1.39. The third-order valence-corrected chi connectivity index (χ3v) is 2.41. The van der Waals surface area contributed by atoms with Crippen molar-refractivity contribution >= 4 is 0 Å². The van der Waals surface area contributed by atoms with E-state index in [-0.39, 0.29) is 6.61 Å². The van der Waals surface area contributed by atoms with Crippen molar-refractivity contribution in [3.63, 3.8) is 0 Å². The second kappa shape index (κ2) is 4.49. The molecule has 86 valence electrons. The topological polar surface area (TPSA) is 55.9 Å². The van der Waals surface area contributed by atoms with E-state index >= 15 is 0 Å². The molecule has 0 radical (unpaired) electrons. The minimum absolute atomic E-state index is 0.0993. The first-order valence-electron chi connectivity index (χ1n) is 5.39. The van der Waals surface area contributed by atoms with Gasteiger partial charge in [-0.2, -0.15) is 5.10 Å². The smallest absolute Gasteiger partial charge is 0.115 e. The lowest BCUT2D eigenvalue weighted by atomic mass is 10.2. The second-order valence-electron chi connectivity index (χ2n) is 4.00. The predicted molar refractivity (Wildman–Crippen MR) is 60.5 cm³/mol. The number of rotatable bonds is 4. The molecule has 16 heavy (non-hydrogen) atoms. The van der Waals surface area contributed by atoms with Gasteiger partial charge in [0.1, 0.15) is 5.82 Å². The van der Waals surface area contributed by atoms with E-state index in [0.717, 1.165) is 11.5 Å². The molecular formula is C11H16N4O. The van der Waals surface area contributed by atoms with Gasteiger partial charge in [-0.25, -0.2) is 4.98 Å². The van der Waals surface area contributed by atoms with Crippen LogP contribution in [0.1, 0.15) is 25.6 Å². The number of hydrogen-bond donors (Lipinski definition) is 1. The molecular weight excluding hydrogens is 204 g/mol. The lowest BCUT2D eigenvalue weighted by molar-refractivity contribution is 0.269. The summed E-state index contributed by atoms with van der Waals surface area (Å²) in [6, 6.07) is 0. The zero-order valence-electron chi connectivity index (χ0n) is 9.54. The molecule has 2 aromatic heterocycles. The Bertz CT molecular complexity index is 458. The van der Waals surface area contributed by atoms with Crippen molar-refractivity contribution in [3.05, 3.63) is 30.6 Å². The fraction of sp³-hybridized carbons (Fsp3) is 0.455. The van der Waals surface area contributed by atoms with Crippen molar-refractivity contribution in [2.75, 3.05) is 6.61 Å². The van der Waals surface area contributed by atoms with Gasteiger partial charge in [-0.15, -0.1) is 0 Å². The molecule has 1 N–H and O–H groups in total. The van der Waals surface area contributed by atoms with Gasteiger partial charge in [0.05, 0.1) is 25.0 Å². The summed E-state index contributed by atoms with van der Waals surface area (Å²) >= 11 is 0. The fourth-order valence-corrected chi connectivity index (χ4v) is 1.66. The summed E-state index contributed by atoms with van der Waals surface area (Å²) in [7, 11) is 0. The molecule has 0 aromatic carbocycles. The van der Waals surface area contributed by atoms with E-state index in [2.05, 4.69) is 23.9 Å². The molecule has 2 rings (SSSR count). The van der Waals surface area contributed by atoms with Gasteiger partial charge in [0.25, 0.3) is 0 Å². The summed E-state index contributed by atoms with van der Waals surface area (Å²) < 4.78 is 3.74. The molecule has 0 atom stereocenters. The second-order valence-corrected chi connectivity index (χ2v) is 4.00. The van der Waals surface area contributed by atoms with Crippen LogP contribution in [0.5, 0.6) is 0 Å². The normalized spacial score (nSPS) is 11.2. The Labute approximate surface area is 94.4 Å². The largest absolute Gasteiger partial charge is 0.394 e. The van der Waals surface area contributed by atoms with Crippen LogP contribution < -0.4 is 0 Å². The quantitative estimate of drug-likeness (QED) is 0.842. The number of nitrogens with zero attached hydrogens (tertiary/aromatic N) is 4. The molecule has 0 aliphatic heterocycles. The molecule has 2 aromatic rings. The SMILES string of the molecule is CC(C)c1nccn1-c1cnn(CCO)c1. The highest BCUT2D eigenvalue weighted by molar-refractivity contribution is 5.28. The number of aliphatic hydroxyl groups excluding tert-OH is 1. The number of aromatic nitrogens is 4. The molecule has 0 saturated carbocycles. The van der Waals surface area contributed by atoms with Crippen molar-refractivity contribution in [2.24, 2.45) is 0 Å². The summed E-state index contributed by atoms with van der Waals surface area (Å²) in [6.07, 6.45) is 7.40. The third-order valence-electron chi connectivity index (χ3n) is 2.41. The van der Waals surface area contributed by atoms with Crippen molar-refractivity contribution in [2.45, 2.75) is 26.3 Å². The maximum atomic E-state index is 8.82. The van der Waals surface area contributed by atoms with Crippen LogP contribution in [-0.2, 0) is 6.54 Å². The Hall–Kier alpha value is -1.62. The van der Waals surface area contributed by atoms with Crippen molar-refractivity contribution < 1.29 is 5.11 Å². The summed E-state index contributed by atoms with van der Waals surface area (Å²) in [5.41, 5.74) is 0.981. The molecule has 2 heterocycles. The van der Waals surface area contributed by atoms with Gasteiger partial charge in [0.15, 0.2) is 0 Å². The van der Waals surface area contributed by atoms with E-state index in [0.29, 0.717) is 12.5 Å². The molecule has 0 bridgehead atoms. The molecule has 5 nitrogen and oxygen atoms in total. The van der Waals surface area contributed by atoms with Crippen molar-refractivity contribution in [1.82, 2.24) is 19.3 Å². The fourth-order valence-electron chi connectivity index (χ4n) is 1.66. The Morgan fingerprint density at radius 1 is 1.44 bits per heavy atom. The van der Waals surface area contributed by atoms with E-state index in [1.165, 1.54) is 0 Å². The van der Waals surface area contributed by atoms with Crippen molar-refractivity contribution in [1.29, 1.82) is 0 Å². The lowest BCUT2D eigenvalue weighted by Gasteiger charge is -2.07. The van der Waals surface area contributed by atoms with Crippen LogP contribution in [0.3, 0.4) is 0 Å². The maximum Gasteiger partial charge on any atom is 0.115 e. The highest BCUT2D eigenvalue weighted by Gasteiger charge is 2.09. The highest BCUT2D eigenvalue weighted by Crippen LogP contribution is 2.16. The van der Waals surface area contributed by atoms with Crippen LogP contribution in [0, 0.1) is 0 Å². The molecule has 0 aliphatic rings. The molecule has 0 fully saturated rings. The Morgan fingerprint density at radius 2 is 2.25 bits per heavy atom. The summed E-state index contributed by atoms with van der Waals surface area (Å²) in [4.78, 5) is 4.32. The zero-order chi connectivity index (χ0) is 11.5. The van der Waals surface area contributed by atoms with Gasteiger partial charge in [0.2, 0.25) is 0 Å². The number of aliphatic hydroxyl groups is 1. The van der Waals surface area contributed by atoms with Gasteiger partial charge in [-0.1, -0.05) is 13.8 Å². The minimum atomic E-state index is 0.0993. The van der Waals surface area contributed by atoms with Crippen LogP contribution in [0.2, 0.25) is 0 Å². The average molecular weight is 220 g/mol. The van der Waals surface area contributed by atoms with E-state index in [1.54, 1.807) is 17.1 Å². The van der Waals surface area contributed by atoms with Crippen LogP contribution in [0.25, 0.3) is 5.69 Å². The van der Waals surface area contributed by atoms with Gasteiger partial charge in [-0.3, -0.25) is 4.68 Å². The van der Waals surface area contributed by atoms with E-state index in [1.807, 2.05) is 17.0 Å². The Balaban J connectivity index is 2.31. The standard InChI is InChI=1S/C11H16N4O/c1-9(2)11-12-3-4-15(11)10-7-13-14(8-10)5-6-16/h3-4,7-9,16H,5-6H2,1-2H3. The monoisotopic (exact) mass is 220 g/mol. The Morgan fingerprint density at radius 3 is 2.94 bits per heavy atom. The predicted octanol–water partition coefficient (Wildman–Crippen LogP) is 1.18. The number of hydrogen-bond acceptors (Lipinski definition) is 3. The summed E-state index contributed by atoms with van der Waals surface area (Å²) in [5, 5.41) is 13.0. The van der Waals surface area contributed by atoms with Gasteiger partial charge in [0, 0.05) is 24.5 Å². The molecule has 5 heteroatoms. The first-order chi connectivity index (χ1) is 7.72. The number of imidazole rings is 1. The van der Waals surface area contributed by atoms with Crippen LogP contribution in [0.4, 0.5) is 0 Å². The van der Waals surface area contributed by atoms with Crippen LogP contribution >= 0.6 is 0 Å². The lowest BCUT2D eigenvalue weighted by Crippen LogP contribution is -2.03. The van der Waals surface area contributed by atoms with E-state index in [9.17, 15) is 0 Å². The first-order valence-corrected chi connectivity index (χ1v) is 5.39. The highest BCUT2D eigenvalue weighted by atomic mass is 16.3. The molecule has 0 saturated heterocycles. The zero-order valence-corrected chi connectivity index (χ0v) is 9.54. The van der Waals surface area contributed by atoms with E-state index in [4.69, 9.17) is 5.11 Å². The van der Waals surface area contributed by atoms with Crippen LogP contribution in [0.15, 0.2) is 24.8 Å². The van der Waals surface area contributed by atoms with E-state index < -0.39 is 0 Å². The van der Waals surface area contributed by atoms with Gasteiger partial charge >= 0.3 is 0 Å². The maximum absolute atomic E-state index is 8.82. The summed E-state index contributed by atoms with van der Waals surface area (Å²) in [6.45, 7) is 4.84. The Kier molecular flexibility index (Phi) is 3.05. The van der Waals surface area contributed by atoms with Gasteiger partial charge < -0.3 is 9.67 Å². The van der Waals surface area contributed by atoms with Crippen LogP contribution in [-0.4, -0.2) is 31.0 Å². The van der Waals surface area contributed by atoms with Crippen molar-refractivity contribution in [3.8, 4) is 5.69 Å². The molecule has 0 unspecified atom stereocenters.